The van der Waals surface area contributed by atoms with Gasteiger partial charge in [0.15, 0.2) is 17.2 Å². The van der Waals surface area contributed by atoms with Crippen molar-refractivity contribution < 1.29 is 28.9 Å². The Bertz CT molecular complexity index is 569. The second-order valence-electron chi connectivity index (χ2n) is 3.65. The number of nitrogens with zero attached hydrogens (tertiary/aromatic N) is 1. The van der Waals surface area contributed by atoms with Gasteiger partial charge in [0.05, 0.1) is 18.3 Å². The van der Waals surface area contributed by atoms with E-state index in [0.29, 0.717) is 17.2 Å². The lowest BCUT2D eigenvalue weighted by molar-refractivity contribution is -0.294. The summed E-state index contributed by atoms with van der Waals surface area (Å²) in [5.74, 6) is -1.72. The van der Waals surface area contributed by atoms with Crippen LogP contribution in [-0.4, -0.2) is 31.1 Å². The molecule has 0 bridgehead atoms. The maximum absolute atomic E-state index is 11.3. The van der Waals surface area contributed by atoms with Gasteiger partial charge < -0.3 is 24.1 Å². The molecule has 20 heavy (non-hydrogen) atoms. The molecule has 0 aromatic heterocycles. The van der Waals surface area contributed by atoms with E-state index in [4.69, 9.17) is 9.47 Å². The number of hydrogen-bond acceptors (Lipinski definition) is 8. The second-order valence-corrected chi connectivity index (χ2v) is 3.65. The molecule has 0 unspecified atom stereocenters. The summed E-state index contributed by atoms with van der Waals surface area (Å²) in [6.07, 6.45) is 0. The third-order valence-electron chi connectivity index (χ3n) is 2.33. The van der Waals surface area contributed by atoms with Crippen LogP contribution in [0.5, 0.6) is 11.5 Å². The normalized spacial score (nSPS) is 12.9. The number of ether oxygens (including phenoxy) is 3. The van der Waals surface area contributed by atoms with Gasteiger partial charge in [0.1, 0.15) is 0 Å². The summed E-state index contributed by atoms with van der Waals surface area (Å²) in [7, 11) is 0. The molecule has 1 aliphatic heterocycles. The molecule has 0 aliphatic carbocycles. The van der Waals surface area contributed by atoms with E-state index in [1.165, 1.54) is 0 Å². The van der Waals surface area contributed by atoms with E-state index in [-0.39, 0.29) is 13.4 Å². The highest BCUT2D eigenvalue weighted by atomic mass is 16.7. The first-order valence-electron chi connectivity index (χ1n) is 5.73. The molecule has 1 aromatic rings. The number of benzene rings is 1. The molecular weight excluding hydrogens is 268 g/mol. The van der Waals surface area contributed by atoms with E-state index in [1.807, 2.05) is 0 Å². The van der Waals surface area contributed by atoms with Gasteiger partial charge in [-0.15, -0.1) is 0 Å². The highest BCUT2D eigenvalue weighted by Gasteiger charge is 2.15. The Kier molecular flexibility index (Phi) is 4.04. The van der Waals surface area contributed by atoms with Crippen LogP contribution in [0.1, 0.15) is 6.92 Å². The zero-order valence-electron chi connectivity index (χ0n) is 10.5. The number of carbonyl (C=O) groups excluding carboxylic acids is 2. The molecule has 0 fully saturated rings. The minimum atomic E-state index is -1.73. The van der Waals surface area contributed by atoms with E-state index in [2.05, 4.69) is 15.3 Å². The SMILES string of the molecule is CCOC(=O)C(=NNc1ccc2c(c1)OCO2)C(=O)[O-]. The van der Waals surface area contributed by atoms with E-state index in [9.17, 15) is 14.7 Å². The van der Waals surface area contributed by atoms with Crippen LogP contribution in [0, 0.1) is 0 Å². The molecule has 1 aliphatic rings. The van der Waals surface area contributed by atoms with Crippen LogP contribution in [0.15, 0.2) is 23.3 Å². The maximum atomic E-state index is 11.3. The van der Waals surface area contributed by atoms with Crippen LogP contribution >= 0.6 is 0 Å². The van der Waals surface area contributed by atoms with Crippen LogP contribution in [0.2, 0.25) is 0 Å². The molecule has 106 valence electrons. The zero-order chi connectivity index (χ0) is 14.5. The van der Waals surface area contributed by atoms with Gasteiger partial charge in [-0.25, -0.2) is 4.79 Å². The first kappa shape index (κ1) is 13.7. The summed E-state index contributed by atoms with van der Waals surface area (Å²) in [5, 5.41) is 14.3. The first-order chi connectivity index (χ1) is 9.61. The van der Waals surface area contributed by atoms with Gasteiger partial charge in [-0.2, -0.15) is 5.10 Å². The smallest absolute Gasteiger partial charge is 0.360 e. The number of carboxylic acids is 1. The Morgan fingerprint density at radius 3 is 2.85 bits per heavy atom. The Morgan fingerprint density at radius 2 is 2.15 bits per heavy atom. The monoisotopic (exact) mass is 279 g/mol. The van der Waals surface area contributed by atoms with Gasteiger partial charge in [-0.1, -0.05) is 0 Å². The Labute approximate surface area is 113 Å². The van der Waals surface area contributed by atoms with Crippen molar-refractivity contribution >= 4 is 23.3 Å². The van der Waals surface area contributed by atoms with Gasteiger partial charge in [0.25, 0.3) is 0 Å². The van der Waals surface area contributed by atoms with Gasteiger partial charge in [-0.3, -0.25) is 5.43 Å². The lowest BCUT2D eigenvalue weighted by atomic mass is 10.3. The molecule has 1 N–H and O–H groups in total. The van der Waals surface area contributed by atoms with Crippen molar-refractivity contribution in [3.8, 4) is 11.5 Å². The quantitative estimate of drug-likeness (QED) is 0.335. The predicted molar refractivity (Wildman–Crippen MR) is 65.3 cm³/mol. The molecule has 0 saturated carbocycles. The van der Waals surface area contributed by atoms with Crippen molar-refractivity contribution in [2.24, 2.45) is 5.10 Å². The molecule has 2 rings (SSSR count). The summed E-state index contributed by atoms with van der Waals surface area (Å²) in [6.45, 7) is 1.71. The molecule has 0 amide bonds. The molecule has 1 aromatic carbocycles. The molecule has 0 saturated heterocycles. The number of rotatable bonds is 5. The molecule has 8 heteroatoms. The fourth-order valence-electron chi connectivity index (χ4n) is 1.46. The third-order valence-corrected chi connectivity index (χ3v) is 2.33. The summed E-state index contributed by atoms with van der Waals surface area (Å²) >= 11 is 0. The number of anilines is 1. The standard InChI is InChI=1S/C12H12N2O6/c1-2-18-12(17)10(11(15)16)14-13-7-3-4-8-9(5-7)20-6-19-8/h3-5,13H,2,6H2,1H3,(H,15,16)/p-1. The van der Waals surface area contributed by atoms with Gasteiger partial charge in [0, 0.05) is 6.07 Å². The summed E-state index contributed by atoms with van der Waals surface area (Å²) in [4.78, 5) is 22.1. The van der Waals surface area contributed by atoms with Crippen molar-refractivity contribution in [3.63, 3.8) is 0 Å². The molecule has 0 atom stereocenters. The first-order valence-corrected chi connectivity index (χ1v) is 5.73. The molecular formula is C12H11N2O6-. The number of nitrogens with one attached hydrogen (secondary N) is 1. The van der Waals surface area contributed by atoms with E-state index < -0.39 is 17.7 Å². The number of aliphatic carboxylic acids is 1. The topological polar surface area (TPSA) is 109 Å². The summed E-state index contributed by atoms with van der Waals surface area (Å²) < 4.78 is 14.8. The van der Waals surface area contributed by atoms with E-state index in [0.717, 1.165) is 0 Å². The Balaban J connectivity index is 2.13. The van der Waals surface area contributed by atoms with Gasteiger partial charge >= 0.3 is 5.97 Å². The minimum Gasteiger partial charge on any atom is -0.543 e. The average molecular weight is 279 g/mol. The predicted octanol–water partition coefficient (Wildman–Crippen LogP) is -0.504. The van der Waals surface area contributed by atoms with Crippen LogP contribution in [0.3, 0.4) is 0 Å². The lowest BCUT2D eigenvalue weighted by Gasteiger charge is -2.07. The minimum absolute atomic E-state index is 0.0369. The summed E-state index contributed by atoms with van der Waals surface area (Å²) in [5.41, 5.74) is 2.01. The fraction of sp³-hybridized carbons (Fsp3) is 0.250. The van der Waals surface area contributed by atoms with Crippen molar-refractivity contribution in [1.82, 2.24) is 0 Å². The largest absolute Gasteiger partial charge is 0.543 e. The maximum Gasteiger partial charge on any atom is 0.360 e. The summed E-state index contributed by atoms with van der Waals surface area (Å²) in [6, 6.07) is 4.78. The van der Waals surface area contributed by atoms with E-state index in [1.54, 1.807) is 25.1 Å². The number of hydrogen-bond donors (Lipinski definition) is 1. The van der Waals surface area contributed by atoms with Crippen LogP contribution < -0.4 is 20.0 Å². The molecule has 0 spiro atoms. The zero-order valence-corrected chi connectivity index (χ0v) is 10.5. The van der Waals surface area contributed by atoms with Crippen LogP contribution in [0.25, 0.3) is 0 Å². The fourth-order valence-corrected chi connectivity index (χ4v) is 1.46. The average Bonchev–Trinajstić information content (AvgIpc) is 2.86. The Hall–Kier alpha value is -2.77. The van der Waals surface area contributed by atoms with Crippen molar-refractivity contribution in [3.05, 3.63) is 18.2 Å². The Morgan fingerprint density at radius 1 is 1.40 bits per heavy atom. The van der Waals surface area contributed by atoms with Crippen molar-refractivity contribution in [2.75, 3.05) is 18.8 Å². The van der Waals surface area contributed by atoms with Crippen LogP contribution in [0.4, 0.5) is 5.69 Å². The number of hydrazone groups is 1. The highest BCUT2D eigenvalue weighted by molar-refractivity contribution is 6.61. The third kappa shape index (κ3) is 2.97. The molecule has 0 radical (unpaired) electrons. The second kappa shape index (κ2) is 5.91. The van der Waals surface area contributed by atoms with E-state index >= 15 is 0 Å². The molecule has 8 nitrogen and oxygen atoms in total. The van der Waals surface area contributed by atoms with Crippen LogP contribution in [-0.2, 0) is 14.3 Å². The number of fused-ring (bicyclic) bond motifs is 1. The van der Waals surface area contributed by atoms with Gasteiger partial charge in [0.2, 0.25) is 6.79 Å². The number of esters is 1. The molecule has 1 heterocycles. The highest BCUT2D eigenvalue weighted by Crippen LogP contribution is 2.34. The lowest BCUT2D eigenvalue weighted by Crippen LogP contribution is -2.38. The number of carbonyl (C=O) groups is 2. The van der Waals surface area contributed by atoms with Crippen molar-refractivity contribution in [1.29, 1.82) is 0 Å². The van der Waals surface area contributed by atoms with Gasteiger partial charge in [-0.05, 0) is 19.1 Å². The van der Waals surface area contributed by atoms with Crippen molar-refractivity contribution in [2.45, 2.75) is 6.92 Å². The number of carboxylic acid groups (broad SMARTS) is 1.